The summed E-state index contributed by atoms with van der Waals surface area (Å²) in [6.45, 7) is 1.87. The van der Waals surface area contributed by atoms with Gasteiger partial charge >= 0.3 is 6.36 Å². The van der Waals surface area contributed by atoms with Crippen LogP contribution in [0.15, 0.2) is 47.3 Å². The van der Waals surface area contributed by atoms with E-state index in [9.17, 15) is 22.8 Å². The van der Waals surface area contributed by atoms with Gasteiger partial charge in [-0.25, -0.2) is 0 Å². The van der Waals surface area contributed by atoms with Crippen LogP contribution in [0.1, 0.15) is 10.5 Å². The summed E-state index contributed by atoms with van der Waals surface area (Å²) in [6, 6.07) is 9.48. The van der Waals surface area contributed by atoms with Crippen LogP contribution in [0.25, 0.3) is 16.7 Å². The molecule has 29 heavy (non-hydrogen) atoms. The molecule has 1 N–H and O–H groups in total. The first-order chi connectivity index (χ1) is 13.8. The number of aromatic nitrogens is 2. The normalized spacial score (nSPS) is 14.9. The van der Waals surface area contributed by atoms with Gasteiger partial charge in [0.05, 0.1) is 18.9 Å². The van der Waals surface area contributed by atoms with Crippen LogP contribution in [0.2, 0.25) is 0 Å². The van der Waals surface area contributed by atoms with Gasteiger partial charge in [0, 0.05) is 24.5 Å². The maximum atomic E-state index is 12.7. The maximum absolute atomic E-state index is 12.7. The largest absolute Gasteiger partial charge is 0.573 e. The number of ether oxygens (including phenoxy) is 2. The molecule has 1 aliphatic heterocycles. The summed E-state index contributed by atoms with van der Waals surface area (Å²) in [5, 5.41) is 0.622. The van der Waals surface area contributed by atoms with Crippen LogP contribution < -0.4 is 10.3 Å². The van der Waals surface area contributed by atoms with Gasteiger partial charge in [0.2, 0.25) is 0 Å². The molecule has 4 rings (SSSR count). The number of H-pyrrole nitrogens is 1. The van der Waals surface area contributed by atoms with E-state index in [2.05, 4.69) is 9.72 Å². The topological polar surface area (TPSA) is 76.6 Å². The third kappa shape index (κ3) is 3.97. The van der Waals surface area contributed by atoms with Crippen LogP contribution in [0.3, 0.4) is 0 Å². The Balaban J connectivity index is 1.71. The van der Waals surface area contributed by atoms with Gasteiger partial charge in [-0.2, -0.15) is 0 Å². The molecule has 1 aliphatic rings. The van der Waals surface area contributed by atoms with Crippen molar-refractivity contribution in [3.63, 3.8) is 0 Å². The zero-order valence-electron chi connectivity index (χ0n) is 15.0. The second-order valence-electron chi connectivity index (χ2n) is 6.44. The zero-order chi connectivity index (χ0) is 20.6. The summed E-state index contributed by atoms with van der Waals surface area (Å²) >= 11 is 0. The lowest BCUT2D eigenvalue weighted by atomic mass is 10.2. The number of amides is 1. The molecule has 0 unspecified atom stereocenters. The summed E-state index contributed by atoms with van der Waals surface area (Å²) in [7, 11) is 0. The van der Waals surface area contributed by atoms with E-state index in [0.29, 0.717) is 48.7 Å². The third-order valence-electron chi connectivity index (χ3n) is 4.53. The fourth-order valence-corrected chi connectivity index (χ4v) is 3.22. The Morgan fingerprint density at radius 2 is 1.76 bits per heavy atom. The number of alkyl halides is 3. The molecular weight excluding hydrogens is 391 g/mol. The van der Waals surface area contributed by atoms with Gasteiger partial charge in [0.1, 0.15) is 17.1 Å². The first-order valence-electron chi connectivity index (χ1n) is 8.80. The fourth-order valence-electron chi connectivity index (χ4n) is 3.22. The number of morpholine rings is 1. The molecule has 1 fully saturated rings. The summed E-state index contributed by atoms with van der Waals surface area (Å²) in [5.74, 6) is -0.603. The molecule has 0 aliphatic carbocycles. The van der Waals surface area contributed by atoms with Gasteiger partial charge in [-0.3, -0.25) is 14.2 Å². The van der Waals surface area contributed by atoms with Crippen molar-refractivity contribution in [3.05, 3.63) is 58.5 Å². The number of nitrogens with zero attached hydrogens (tertiary/aromatic N) is 2. The van der Waals surface area contributed by atoms with Crippen LogP contribution in [-0.2, 0) is 4.74 Å². The standard InChI is InChI=1S/C19H16F3N3O4/c20-19(21,22)29-14-4-2-13(3-5-14)25-16(26)6-1-12-11-15(23-17(12)25)18(27)24-7-9-28-10-8-24/h1-6,11,23H,7-10H2. The first kappa shape index (κ1) is 19.1. The highest BCUT2D eigenvalue weighted by Gasteiger charge is 2.31. The number of benzene rings is 1. The molecule has 0 saturated carbocycles. The molecule has 1 amide bonds. The van der Waals surface area contributed by atoms with Crippen molar-refractivity contribution in [2.45, 2.75) is 6.36 Å². The van der Waals surface area contributed by atoms with Gasteiger partial charge in [-0.15, -0.1) is 13.2 Å². The molecule has 0 radical (unpaired) electrons. The summed E-state index contributed by atoms with van der Waals surface area (Å²) in [6.07, 6.45) is -4.80. The van der Waals surface area contributed by atoms with Crippen molar-refractivity contribution >= 4 is 16.9 Å². The molecule has 3 heterocycles. The second kappa shape index (κ2) is 7.28. The fraction of sp³-hybridized carbons (Fsp3) is 0.263. The van der Waals surface area contributed by atoms with Crippen LogP contribution in [0, 0.1) is 0 Å². The maximum Gasteiger partial charge on any atom is 0.573 e. The Morgan fingerprint density at radius 3 is 2.41 bits per heavy atom. The Bertz CT molecular complexity index is 1100. The minimum absolute atomic E-state index is 0.211. The average molecular weight is 407 g/mol. The lowest BCUT2D eigenvalue weighted by molar-refractivity contribution is -0.274. The van der Waals surface area contributed by atoms with Crippen LogP contribution >= 0.6 is 0 Å². The van der Waals surface area contributed by atoms with Gasteiger partial charge in [0.25, 0.3) is 11.5 Å². The van der Waals surface area contributed by atoms with E-state index in [-0.39, 0.29) is 5.91 Å². The number of pyridine rings is 1. The monoisotopic (exact) mass is 407 g/mol. The van der Waals surface area contributed by atoms with E-state index in [4.69, 9.17) is 4.74 Å². The van der Waals surface area contributed by atoms with Crippen LogP contribution in [0.4, 0.5) is 13.2 Å². The highest BCUT2D eigenvalue weighted by Crippen LogP contribution is 2.25. The number of carbonyl (C=O) groups excluding carboxylic acids is 1. The lowest BCUT2D eigenvalue weighted by Gasteiger charge is -2.26. The molecule has 0 atom stereocenters. The Kier molecular flexibility index (Phi) is 4.79. The van der Waals surface area contributed by atoms with Gasteiger partial charge in [0.15, 0.2) is 0 Å². The molecule has 2 aromatic heterocycles. The van der Waals surface area contributed by atoms with Crippen molar-refractivity contribution in [3.8, 4) is 11.4 Å². The van der Waals surface area contributed by atoms with Crippen LogP contribution in [-0.4, -0.2) is 53.0 Å². The number of rotatable bonds is 3. The quantitative estimate of drug-likeness (QED) is 0.724. The van der Waals surface area contributed by atoms with Gasteiger partial charge < -0.3 is 19.4 Å². The highest BCUT2D eigenvalue weighted by atomic mass is 19.4. The van der Waals surface area contributed by atoms with Crippen molar-refractivity contribution in [1.29, 1.82) is 0 Å². The Labute approximate surface area is 162 Å². The molecule has 3 aromatic rings. The SMILES string of the molecule is O=C(c1cc2ccc(=O)n(-c3ccc(OC(F)(F)F)cc3)c2[nH]1)N1CCOCC1. The molecule has 1 saturated heterocycles. The minimum atomic E-state index is -4.80. The summed E-state index contributed by atoms with van der Waals surface area (Å²) in [5.41, 5.74) is 0.633. The lowest BCUT2D eigenvalue weighted by Crippen LogP contribution is -2.40. The van der Waals surface area contributed by atoms with E-state index in [0.717, 1.165) is 12.1 Å². The van der Waals surface area contributed by atoms with Crippen molar-refractivity contribution in [2.75, 3.05) is 26.3 Å². The average Bonchev–Trinajstić information content (AvgIpc) is 3.12. The van der Waals surface area contributed by atoms with Crippen molar-refractivity contribution in [2.24, 2.45) is 0 Å². The smallest absolute Gasteiger partial charge is 0.406 e. The number of nitrogens with one attached hydrogen (secondary N) is 1. The molecule has 0 spiro atoms. The summed E-state index contributed by atoms with van der Waals surface area (Å²) in [4.78, 5) is 29.8. The van der Waals surface area contributed by atoms with Gasteiger partial charge in [-0.1, -0.05) is 0 Å². The third-order valence-corrected chi connectivity index (χ3v) is 4.53. The van der Waals surface area contributed by atoms with E-state index < -0.39 is 17.7 Å². The Hall–Kier alpha value is -3.27. The number of fused-ring (bicyclic) bond motifs is 1. The molecule has 10 heteroatoms. The molecule has 1 aromatic carbocycles. The number of aromatic amines is 1. The summed E-state index contributed by atoms with van der Waals surface area (Å²) < 4.78 is 47.4. The van der Waals surface area contributed by atoms with E-state index >= 15 is 0 Å². The van der Waals surface area contributed by atoms with Crippen molar-refractivity contribution in [1.82, 2.24) is 14.5 Å². The Morgan fingerprint density at radius 1 is 1.07 bits per heavy atom. The predicted molar refractivity (Wildman–Crippen MR) is 97.3 cm³/mol. The minimum Gasteiger partial charge on any atom is -0.406 e. The number of hydrogen-bond acceptors (Lipinski definition) is 4. The molecule has 0 bridgehead atoms. The number of carbonyl (C=O) groups is 1. The highest BCUT2D eigenvalue weighted by molar-refractivity contribution is 5.97. The van der Waals surface area contributed by atoms with E-state index in [1.54, 1.807) is 17.0 Å². The molecule has 7 nitrogen and oxygen atoms in total. The second-order valence-corrected chi connectivity index (χ2v) is 6.44. The zero-order valence-corrected chi connectivity index (χ0v) is 15.0. The number of halogens is 3. The predicted octanol–water partition coefficient (Wildman–Crippen LogP) is 2.69. The first-order valence-corrected chi connectivity index (χ1v) is 8.80. The molecule has 152 valence electrons. The van der Waals surface area contributed by atoms with E-state index in [1.807, 2.05) is 0 Å². The number of hydrogen-bond donors (Lipinski definition) is 1. The van der Waals surface area contributed by atoms with Crippen LogP contribution in [0.5, 0.6) is 5.75 Å². The van der Waals surface area contributed by atoms with Crippen molar-refractivity contribution < 1.29 is 27.4 Å². The molecular formula is C19H16F3N3O4. The van der Waals surface area contributed by atoms with Gasteiger partial charge in [-0.05, 0) is 36.4 Å². The van der Waals surface area contributed by atoms with E-state index in [1.165, 1.54) is 22.8 Å².